The molecule has 0 rings (SSSR count). The zero-order valence-corrected chi connectivity index (χ0v) is 15.3. The van der Waals surface area contributed by atoms with Crippen LogP contribution in [0.5, 0.6) is 0 Å². The molecule has 118 valence electrons. The summed E-state index contributed by atoms with van der Waals surface area (Å²) in [6.45, 7) is 20.0. The summed E-state index contributed by atoms with van der Waals surface area (Å²) in [4.78, 5) is 11.1. The lowest BCUT2D eigenvalue weighted by atomic mass is 9.73. The van der Waals surface area contributed by atoms with Crippen molar-refractivity contribution in [3.63, 3.8) is 0 Å². The number of hydrogen-bond donors (Lipinski definition) is 0. The standard InChI is InChI=1S/C19H36O/c1-16(2,3)13-17(4,5)11-10-12-18(6,7)14-19(8,9)15-20/h10-11,15H,12-14H2,1-9H3. The summed E-state index contributed by atoms with van der Waals surface area (Å²) in [5, 5.41) is 0. The Bertz CT molecular complexity index is 337. The Morgan fingerprint density at radius 3 is 1.65 bits per heavy atom. The van der Waals surface area contributed by atoms with Crippen molar-refractivity contribution in [1.29, 1.82) is 0 Å². The maximum absolute atomic E-state index is 11.1. The molecule has 0 saturated heterocycles. The molecule has 0 aromatic rings. The van der Waals surface area contributed by atoms with E-state index < -0.39 is 0 Å². The van der Waals surface area contributed by atoms with Crippen molar-refractivity contribution in [2.45, 2.75) is 81.6 Å². The average molecular weight is 280 g/mol. The van der Waals surface area contributed by atoms with Gasteiger partial charge < -0.3 is 4.79 Å². The van der Waals surface area contributed by atoms with Crippen LogP contribution >= 0.6 is 0 Å². The predicted octanol–water partition coefficient (Wildman–Crippen LogP) is 6.04. The maximum Gasteiger partial charge on any atom is 0.125 e. The van der Waals surface area contributed by atoms with E-state index >= 15 is 0 Å². The van der Waals surface area contributed by atoms with Gasteiger partial charge in [0.05, 0.1) is 0 Å². The first-order valence-corrected chi connectivity index (χ1v) is 7.82. The number of allylic oxidation sites excluding steroid dienone is 2. The SMILES string of the molecule is CC(C)(C)CC(C)(C)C=CCC(C)(C)CC(C)(C)C=O. The van der Waals surface area contributed by atoms with Crippen LogP contribution < -0.4 is 0 Å². The Morgan fingerprint density at radius 1 is 0.750 bits per heavy atom. The number of aldehydes is 1. The van der Waals surface area contributed by atoms with Crippen LogP contribution in [-0.4, -0.2) is 6.29 Å². The minimum atomic E-state index is -0.224. The van der Waals surface area contributed by atoms with Gasteiger partial charge in [0, 0.05) is 5.41 Å². The largest absolute Gasteiger partial charge is 0.303 e. The van der Waals surface area contributed by atoms with Gasteiger partial charge in [-0.1, -0.05) is 74.5 Å². The molecule has 1 heteroatoms. The minimum absolute atomic E-state index is 0.165. The summed E-state index contributed by atoms with van der Waals surface area (Å²) in [7, 11) is 0. The van der Waals surface area contributed by atoms with Gasteiger partial charge in [-0.15, -0.1) is 0 Å². The number of carbonyl (C=O) groups is 1. The third-order valence-corrected chi connectivity index (χ3v) is 3.48. The van der Waals surface area contributed by atoms with Crippen LogP contribution in [0.25, 0.3) is 0 Å². The Labute approximate surface area is 127 Å². The van der Waals surface area contributed by atoms with E-state index in [2.05, 4.69) is 60.6 Å². The van der Waals surface area contributed by atoms with E-state index in [1.165, 1.54) is 6.42 Å². The van der Waals surface area contributed by atoms with E-state index in [9.17, 15) is 4.79 Å². The van der Waals surface area contributed by atoms with Crippen LogP contribution in [-0.2, 0) is 4.79 Å². The first-order valence-electron chi connectivity index (χ1n) is 7.82. The molecule has 0 atom stereocenters. The Kier molecular flexibility index (Phi) is 6.26. The van der Waals surface area contributed by atoms with Crippen molar-refractivity contribution >= 4 is 6.29 Å². The molecule has 0 spiro atoms. The molecule has 0 N–H and O–H groups in total. The van der Waals surface area contributed by atoms with Crippen LogP contribution in [0.15, 0.2) is 12.2 Å². The molecule has 0 heterocycles. The molecule has 0 bridgehead atoms. The van der Waals surface area contributed by atoms with E-state index in [0.717, 1.165) is 19.1 Å². The van der Waals surface area contributed by atoms with Gasteiger partial charge in [0.15, 0.2) is 0 Å². The van der Waals surface area contributed by atoms with E-state index in [1.54, 1.807) is 0 Å². The zero-order valence-electron chi connectivity index (χ0n) is 15.3. The fourth-order valence-corrected chi connectivity index (χ4v) is 3.47. The molecule has 0 aliphatic carbocycles. The molecule has 0 aliphatic rings. The lowest BCUT2D eigenvalue weighted by Gasteiger charge is -2.32. The summed E-state index contributed by atoms with van der Waals surface area (Å²) >= 11 is 0. The summed E-state index contributed by atoms with van der Waals surface area (Å²) in [6, 6.07) is 0. The molecular formula is C19H36O. The second kappa shape index (κ2) is 6.45. The van der Waals surface area contributed by atoms with Crippen LogP contribution in [0.3, 0.4) is 0 Å². The van der Waals surface area contributed by atoms with Gasteiger partial charge in [0.25, 0.3) is 0 Å². The van der Waals surface area contributed by atoms with E-state index in [4.69, 9.17) is 0 Å². The third kappa shape index (κ3) is 9.34. The van der Waals surface area contributed by atoms with Crippen molar-refractivity contribution in [3.05, 3.63) is 12.2 Å². The monoisotopic (exact) mass is 280 g/mol. The molecule has 1 nitrogen and oxygen atoms in total. The van der Waals surface area contributed by atoms with Gasteiger partial charge in [-0.3, -0.25) is 0 Å². The predicted molar refractivity (Wildman–Crippen MR) is 89.9 cm³/mol. The van der Waals surface area contributed by atoms with Crippen LogP contribution in [0.4, 0.5) is 0 Å². The van der Waals surface area contributed by atoms with Gasteiger partial charge in [-0.2, -0.15) is 0 Å². The van der Waals surface area contributed by atoms with Crippen molar-refractivity contribution in [3.8, 4) is 0 Å². The Hall–Kier alpha value is -0.590. The van der Waals surface area contributed by atoms with Crippen LogP contribution in [0.2, 0.25) is 0 Å². The normalized spacial score (nSPS) is 14.8. The fraction of sp³-hybridized carbons (Fsp3) is 0.842. The van der Waals surface area contributed by atoms with Gasteiger partial charge in [0.2, 0.25) is 0 Å². The van der Waals surface area contributed by atoms with E-state index in [0.29, 0.717) is 5.41 Å². The summed E-state index contributed by atoms with van der Waals surface area (Å²) in [5.74, 6) is 0. The lowest BCUT2D eigenvalue weighted by Crippen LogP contribution is -2.24. The van der Waals surface area contributed by atoms with E-state index in [1.807, 2.05) is 13.8 Å². The summed E-state index contributed by atoms with van der Waals surface area (Å²) in [5.41, 5.74) is 0.522. The zero-order chi connectivity index (χ0) is 16.2. The molecule has 0 unspecified atom stereocenters. The fourth-order valence-electron chi connectivity index (χ4n) is 3.47. The first kappa shape index (κ1) is 19.4. The molecular weight excluding hydrogens is 244 g/mol. The van der Waals surface area contributed by atoms with Gasteiger partial charge in [-0.25, -0.2) is 0 Å². The first-order chi connectivity index (χ1) is 8.68. The Morgan fingerprint density at radius 2 is 1.25 bits per heavy atom. The quantitative estimate of drug-likeness (QED) is 0.410. The second-order valence-corrected chi connectivity index (χ2v) is 9.78. The highest BCUT2D eigenvalue weighted by molar-refractivity contribution is 5.57. The summed E-state index contributed by atoms with van der Waals surface area (Å²) in [6.07, 6.45) is 8.88. The van der Waals surface area contributed by atoms with Gasteiger partial charge >= 0.3 is 0 Å². The van der Waals surface area contributed by atoms with E-state index in [-0.39, 0.29) is 16.2 Å². The van der Waals surface area contributed by atoms with Crippen molar-refractivity contribution in [1.82, 2.24) is 0 Å². The van der Waals surface area contributed by atoms with Crippen molar-refractivity contribution in [2.75, 3.05) is 0 Å². The molecule has 0 aromatic carbocycles. The average Bonchev–Trinajstić information content (AvgIpc) is 2.10. The molecule has 0 aliphatic heterocycles. The van der Waals surface area contributed by atoms with Crippen LogP contribution in [0, 0.1) is 21.7 Å². The third-order valence-electron chi connectivity index (χ3n) is 3.48. The number of carbonyl (C=O) groups excluding carboxylic acids is 1. The highest BCUT2D eigenvalue weighted by atomic mass is 16.1. The minimum Gasteiger partial charge on any atom is -0.303 e. The summed E-state index contributed by atoms with van der Waals surface area (Å²) < 4.78 is 0. The number of rotatable bonds is 7. The molecule has 0 saturated carbocycles. The van der Waals surface area contributed by atoms with Crippen LogP contribution in [0.1, 0.15) is 81.6 Å². The molecule has 0 radical (unpaired) electrons. The molecule has 0 aromatic heterocycles. The smallest absolute Gasteiger partial charge is 0.125 e. The van der Waals surface area contributed by atoms with Crippen molar-refractivity contribution in [2.24, 2.45) is 21.7 Å². The molecule has 0 fully saturated rings. The Balaban J connectivity index is 4.59. The highest BCUT2D eigenvalue weighted by Crippen LogP contribution is 2.37. The lowest BCUT2D eigenvalue weighted by molar-refractivity contribution is -0.116. The molecule has 20 heavy (non-hydrogen) atoms. The maximum atomic E-state index is 11.1. The second-order valence-electron chi connectivity index (χ2n) is 9.78. The molecule has 0 amide bonds. The number of hydrogen-bond acceptors (Lipinski definition) is 1. The van der Waals surface area contributed by atoms with Gasteiger partial charge in [-0.05, 0) is 35.5 Å². The van der Waals surface area contributed by atoms with Crippen molar-refractivity contribution < 1.29 is 4.79 Å². The topological polar surface area (TPSA) is 17.1 Å². The highest BCUT2D eigenvalue weighted by Gasteiger charge is 2.28. The van der Waals surface area contributed by atoms with Gasteiger partial charge in [0.1, 0.15) is 6.29 Å².